The molecule has 0 aliphatic carbocycles. The summed E-state index contributed by atoms with van der Waals surface area (Å²) in [6, 6.07) is 0. The van der Waals surface area contributed by atoms with Gasteiger partial charge in [0.15, 0.2) is 0 Å². The Bertz CT molecular complexity index is 566. The fourth-order valence-corrected chi connectivity index (χ4v) is 2.01. The first-order chi connectivity index (χ1) is 8.16. The van der Waals surface area contributed by atoms with Gasteiger partial charge in [-0.25, -0.2) is 4.99 Å². The molecule has 2 rings (SSSR count). The zero-order chi connectivity index (χ0) is 12.4. The number of hydrogen-bond donors (Lipinski definition) is 2. The van der Waals surface area contributed by atoms with Crippen molar-refractivity contribution < 1.29 is 0 Å². The average Bonchev–Trinajstić information content (AvgIpc) is 2.80. The average molecular weight is 235 g/mol. The van der Waals surface area contributed by atoms with E-state index in [1.165, 1.54) is 0 Å². The summed E-state index contributed by atoms with van der Waals surface area (Å²) in [6.45, 7) is 2.81. The molecule has 17 heavy (non-hydrogen) atoms. The highest BCUT2D eigenvalue weighted by molar-refractivity contribution is 5.73. The van der Waals surface area contributed by atoms with Crippen molar-refractivity contribution in [1.29, 1.82) is 5.41 Å². The molecule has 92 valence electrons. The van der Waals surface area contributed by atoms with Gasteiger partial charge >= 0.3 is 0 Å². The molecule has 1 aliphatic rings. The van der Waals surface area contributed by atoms with Gasteiger partial charge in [0.1, 0.15) is 5.82 Å². The van der Waals surface area contributed by atoms with Crippen molar-refractivity contribution in [2.24, 2.45) is 4.99 Å². The van der Waals surface area contributed by atoms with E-state index < -0.39 is 0 Å². The molecule has 0 saturated heterocycles. The Balaban J connectivity index is 2.47. The Morgan fingerprint density at radius 3 is 3.00 bits per heavy atom. The molecule has 1 aliphatic heterocycles. The quantitative estimate of drug-likeness (QED) is 0.580. The second-order valence-electron chi connectivity index (χ2n) is 4.18. The van der Waals surface area contributed by atoms with E-state index in [1.807, 2.05) is 0 Å². The van der Waals surface area contributed by atoms with Gasteiger partial charge in [0.2, 0.25) is 5.62 Å². The fraction of sp³-hybridized carbons (Fsp3) is 0.545. The number of nitrogens with two attached hydrogens (primary N) is 1. The van der Waals surface area contributed by atoms with Gasteiger partial charge in [-0.2, -0.15) is 4.68 Å². The van der Waals surface area contributed by atoms with Gasteiger partial charge in [-0.05, 0) is 6.42 Å². The number of aliphatic imine (C=N–C) groups is 1. The molecule has 6 heteroatoms. The van der Waals surface area contributed by atoms with E-state index in [2.05, 4.69) is 11.9 Å². The van der Waals surface area contributed by atoms with Crippen LogP contribution in [-0.2, 0) is 13.0 Å². The van der Waals surface area contributed by atoms with Crippen LogP contribution in [0.15, 0.2) is 9.79 Å². The van der Waals surface area contributed by atoms with Gasteiger partial charge < -0.3 is 5.84 Å². The standard InChI is InChI=1S/C11H17N5O/c1-2-3-4-7-15-9-8(5-6-14-9)10(17)16(13)11(15)12/h6,12H,2-5,7,13H2,1H3. The molecule has 0 saturated carbocycles. The molecule has 1 aromatic rings. The molecule has 0 fully saturated rings. The molecule has 0 radical (unpaired) electrons. The maximum Gasteiger partial charge on any atom is 0.279 e. The van der Waals surface area contributed by atoms with Crippen molar-refractivity contribution in [3.8, 4) is 0 Å². The maximum absolute atomic E-state index is 11.8. The highest BCUT2D eigenvalue weighted by Gasteiger charge is 2.18. The normalized spacial score (nSPS) is 13.0. The van der Waals surface area contributed by atoms with E-state index >= 15 is 0 Å². The summed E-state index contributed by atoms with van der Waals surface area (Å²) in [6.07, 6.45) is 5.38. The molecule has 0 spiro atoms. The molecule has 2 heterocycles. The zero-order valence-electron chi connectivity index (χ0n) is 9.94. The maximum atomic E-state index is 11.8. The molecule has 0 unspecified atom stereocenters. The van der Waals surface area contributed by atoms with E-state index in [9.17, 15) is 4.79 Å². The number of unbranched alkanes of at least 4 members (excludes halogenated alkanes) is 2. The van der Waals surface area contributed by atoms with Gasteiger partial charge in [0.25, 0.3) is 5.56 Å². The van der Waals surface area contributed by atoms with Crippen LogP contribution in [-0.4, -0.2) is 15.5 Å². The lowest BCUT2D eigenvalue weighted by atomic mass is 10.2. The number of rotatable bonds is 4. The third-order valence-corrected chi connectivity index (χ3v) is 2.98. The van der Waals surface area contributed by atoms with Crippen molar-refractivity contribution in [3.63, 3.8) is 0 Å². The van der Waals surface area contributed by atoms with E-state index in [0.29, 0.717) is 24.3 Å². The second-order valence-corrected chi connectivity index (χ2v) is 4.18. The van der Waals surface area contributed by atoms with Crippen LogP contribution in [0.2, 0.25) is 0 Å². The summed E-state index contributed by atoms with van der Waals surface area (Å²) in [4.78, 5) is 16.0. The first-order valence-corrected chi connectivity index (χ1v) is 5.87. The smallest absolute Gasteiger partial charge is 0.279 e. The summed E-state index contributed by atoms with van der Waals surface area (Å²) < 4.78 is 2.62. The van der Waals surface area contributed by atoms with Gasteiger partial charge in [0.05, 0.1) is 5.56 Å². The Morgan fingerprint density at radius 2 is 2.29 bits per heavy atom. The van der Waals surface area contributed by atoms with Crippen LogP contribution in [0.1, 0.15) is 31.7 Å². The third kappa shape index (κ3) is 1.90. The molecule has 6 nitrogen and oxygen atoms in total. The Morgan fingerprint density at radius 1 is 1.53 bits per heavy atom. The second kappa shape index (κ2) is 4.57. The van der Waals surface area contributed by atoms with Crippen LogP contribution in [0.3, 0.4) is 0 Å². The Labute approximate surface area is 98.9 Å². The van der Waals surface area contributed by atoms with Crippen molar-refractivity contribution in [1.82, 2.24) is 9.24 Å². The molecule has 0 aromatic carbocycles. The first-order valence-electron chi connectivity index (χ1n) is 5.87. The largest absolute Gasteiger partial charge is 0.333 e. The van der Waals surface area contributed by atoms with Crippen LogP contribution in [0.4, 0.5) is 5.82 Å². The zero-order valence-corrected chi connectivity index (χ0v) is 9.94. The lowest BCUT2D eigenvalue weighted by Gasteiger charge is -2.13. The Hall–Kier alpha value is -1.85. The third-order valence-electron chi connectivity index (χ3n) is 2.98. The van der Waals surface area contributed by atoms with Crippen LogP contribution >= 0.6 is 0 Å². The fourth-order valence-electron chi connectivity index (χ4n) is 2.01. The number of nitrogens with zero attached hydrogens (tertiary/aromatic N) is 3. The lowest BCUT2D eigenvalue weighted by molar-refractivity contribution is 0.544. The summed E-state index contributed by atoms with van der Waals surface area (Å²) in [7, 11) is 0. The van der Waals surface area contributed by atoms with Gasteiger partial charge in [-0.1, -0.05) is 19.8 Å². The molecule has 3 N–H and O–H groups in total. The number of nitrogens with one attached hydrogen (secondary N) is 1. The number of nitrogen functional groups attached to an aromatic ring is 1. The van der Waals surface area contributed by atoms with Crippen LogP contribution in [0.25, 0.3) is 0 Å². The minimum Gasteiger partial charge on any atom is -0.333 e. The summed E-state index contributed by atoms with van der Waals surface area (Å²) in [5.74, 6) is 6.21. The van der Waals surface area contributed by atoms with Gasteiger partial charge in [-0.15, -0.1) is 0 Å². The van der Waals surface area contributed by atoms with Crippen molar-refractivity contribution >= 4 is 12.0 Å². The summed E-state index contributed by atoms with van der Waals surface area (Å²) in [5, 5.41) is 7.87. The summed E-state index contributed by atoms with van der Waals surface area (Å²) >= 11 is 0. The molecule has 0 amide bonds. The first kappa shape index (κ1) is 11.6. The number of hydrogen-bond acceptors (Lipinski definition) is 4. The highest BCUT2D eigenvalue weighted by Crippen LogP contribution is 2.19. The molecule has 1 aromatic heterocycles. The molecular formula is C11H17N5O. The van der Waals surface area contributed by atoms with E-state index in [4.69, 9.17) is 11.3 Å². The van der Waals surface area contributed by atoms with Crippen molar-refractivity contribution in [2.75, 3.05) is 5.84 Å². The topological polar surface area (TPSA) is 89.2 Å². The monoisotopic (exact) mass is 235 g/mol. The van der Waals surface area contributed by atoms with E-state index in [1.54, 1.807) is 10.8 Å². The Kier molecular flexibility index (Phi) is 3.12. The highest BCUT2D eigenvalue weighted by atomic mass is 16.1. The lowest BCUT2D eigenvalue weighted by Crippen LogP contribution is -2.45. The predicted octanol–water partition coefficient (Wildman–Crippen LogP) is 0.292. The number of fused-ring (bicyclic) bond motifs is 1. The van der Waals surface area contributed by atoms with Gasteiger partial charge in [0, 0.05) is 19.2 Å². The minimum atomic E-state index is -0.311. The van der Waals surface area contributed by atoms with Gasteiger partial charge in [-0.3, -0.25) is 14.8 Å². The van der Waals surface area contributed by atoms with Crippen LogP contribution < -0.4 is 17.0 Å². The minimum absolute atomic E-state index is 0.0175. The van der Waals surface area contributed by atoms with Crippen molar-refractivity contribution in [2.45, 2.75) is 39.2 Å². The van der Waals surface area contributed by atoms with Crippen molar-refractivity contribution in [3.05, 3.63) is 21.5 Å². The van der Waals surface area contributed by atoms with Crippen LogP contribution in [0, 0.1) is 5.41 Å². The predicted molar refractivity (Wildman–Crippen MR) is 66.1 cm³/mol. The van der Waals surface area contributed by atoms with E-state index in [0.717, 1.165) is 23.9 Å². The van der Waals surface area contributed by atoms with Crippen LogP contribution in [0.5, 0.6) is 0 Å². The molecule has 0 bridgehead atoms. The molecule has 0 atom stereocenters. The summed E-state index contributed by atoms with van der Waals surface area (Å²) in [5.41, 5.74) is 0.304. The number of aromatic nitrogens is 2. The molecular weight excluding hydrogens is 218 g/mol. The SMILES string of the molecule is CCCCCn1c2c(c(=O)n(N)c1=N)CC=N2. The van der Waals surface area contributed by atoms with E-state index in [-0.39, 0.29) is 11.2 Å².